The van der Waals surface area contributed by atoms with Crippen LogP contribution in [0.4, 0.5) is 0 Å². The molecule has 1 unspecified atom stereocenters. The van der Waals surface area contributed by atoms with Crippen LogP contribution in [0.25, 0.3) is 0 Å². The molecule has 1 nitrogen and oxygen atoms in total. The molecule has 0 aromatic carbocycles. The maximum atomic E-state index is 2.29. The fraction of sp³-hybridized carbons (Fsp3) is 0.600. The van der Waals surface area contributed by atoms with Gasteiger partial charge in [-0.3, -0.25) is 0 Å². The van der Waals surface area contributed by atoms with Gasteiger partial charge in [0, 0.05) is 5.92 Å². The Morgan fingerprint density at radius 3 is 2.36 bits per heavy atom. The van der Waals surface area contributed by atoms with E-state index in [1.165, 1.54) is 12.1 Å². The highest BCUT2D eigenvalue weighted by Gasteiger charge is 2.18. The fourth-order valence-corrected chi connectivity index (χ4v) is 1.41. The molecule has 0 amide bonds. The summed E-state index contributed by atoms with van der Waals surface area (Å²) in [5.74, 6) is 0.676. The maximum Gasteiger partial charge on any atom is 0.0882 e. The first-order valence-corrected chi connectivity index (χ1v) is 4.14. The van der Waals surface area contributed by atoms with Gasteiger partial charge in [0.15, 0.2) is 0 Å². The van der Waals surface area contributed by atoms with Crippen molar-refractivity contribution in [3.63, 3.8) is 0 Å². The largest absolute Gasteiger partial charge is 0.330 e. The number of allylic oxidation sites excluding steroid dienone is 2. The second-order valence-corrected chi connectivity index (χ2v) is 4.37. The van der Waals surface area contributed by atoms with E-state index in [9.17, 15) is 0 Å². The summed E-state index contributed by atoms with van der Waals surface area (Å²) in [5.41, 5.74) is 1.50. The maximum absolute atomic E-state index is 2.29. The lowest BCUT2D eigenvalue weighted by molar-refractivity contribution is -0.872. The summed E-state index contributed by atoms with van der Waals surface area (Å²) in [4.78, 5) is 0. The van der Waals surface area contributed by atoms with Crippen LogP contribution in [0.1, 0.15) is 6.92 Å². The Kier molecular flexibility index (Phi) is 2.19. The molecule has 0 fully saturated rings. The predicted octanol–water partition coefficient (Wildman–Crippen LogP) is 1.82. The number of nitrogens with zero attached hydrogens (tertiary/aromatic N) is 1. The van der Waals surface area contributed by atoms with E-state index in [0.717, 1.165) is 4.48 Å². The van der Waals surface area contributed by atoms with Crippen molar-refractivity contribution in [3.05, 3.63) is 23.8 Å². The normalized spacial score (nSPS) is 24.0. The standard InChI is InChI=1S/C10H18N/c1-9-6-5-7-10(9)8-11(2,3)4/h5-7,10H,8H2,1-4H3/q+1. The quantitative estimate of drug-likeness (QED) is 0.529. The van der Waals surface area contributed by atoms with Gasteiger partial charge >= 0.3 is 0 Å². The lowest BCUT2D eigenvalue weighted by Crippen LogP contribution is -2.38. The molecule has 11 heavy (non-hydrogen) atoms. The molecular formula is C10H18N+. The number of hydrogen-bond donors (Lipinski definition) is 0. The first kappa shape index (κ1) is 8.54. The number of rotatable bonds is 2. The molecule has 1 aliphatic rings. The molecule has 0 spiro atoms. The Morgan fingerprint density at radius 2 is 2.00 bits per heavy atom. The van der Waals surface area contributed by atoms with Crippen molar-refractivity contribution in [2.75, 3.05) is 27.7 Å². The van der Waals surface area contributed by atoms with Gasteiger partial charge in [-0.05, 0) is 6.92 Å². The van der Waals surface area contributed by atoms with E-state index in [2.05, 4.69) is 46.3 Å². The van der Waals surface area contributed by atoms with E-state index in [4.69, 9.17) is 0 Å². The molecule has 0 saturated carbocycles. The SMILES string of the molecule is CC1=CC=CC1C[N+](C)(C)C. The average molecular weight is 152 g/mol. The second-order valence-electron chi connectivity index (χ2n) is 4.37. The Morgan fingerprint density at radius 1 is 1.36 bits per heavy atom. The van der Waals surface area contributed by atoms with E-state index in [0.29, 0.717) is 5.92 Å². The van der Waals surface area contributed by atoms with Crippen LogP contribution in [0.15, 0.2) is 23.8 Å². The smallest absolute Gasteiger partial charge is 0.0882 e. The summed E-state index contributed by atoms with van der Waals surface area (Å²) in [6, 6.07) is 0. The minimum absolute atomic E-state index is 0.676. The molecule has 0 aromatic heterocycles. The molecule has 0 aromatic rings. The van der Waals surface area contributed by atoms with Crippen molar-refractivity contribution in [1.82, 2.24) is 0 Å². The first-order valence-electron chi connectivity index (χ1n) is 4.14. The van der Waals surface area contributed by atoms with E-state index in [-0.39, 0.29) is 0 Å². The Bertz CT molecular complexity index is 193. The topological polar surface area (TPSA) is 0 Å². The molecule has 1 heteroatoms. The fourth-order valence-electron chi connectivity index (χ4n) is 1.41. The van der Waals surface area contributed by atoms with Crippen LogP contribution in [0.5, 0.6) is 0 Å². The number of quaternary nitrogens is 1. The molecule has 0 heterocycles. The lowest BCUT2D eigenvalue weighted by atomic mass is 10.0. The third-order valence-corrected chi connectivity index (χ3v) is 2.03. The highest BCUT2D eigenvalue weighted by molar-refractivity contribution is 5.25. The van der Waals surface area contributed by atoms with Crippen LogP contribution < -0.4 is 0 Å². The molecular weight excluding hydrogens is 134 g/mol. The molecule has 0 bridgehead atoms. The summed E-state index contributed by atoms with van der Waals surface area (Å²) in [6.45, 7) is 3.42. The van der Waals surface area contributed by atoms with E-state index in [1.807, 2.05) is 0 Å². The van der Waals surface area contributed by atoms with Crippen molar-refractivity contribution in [2.45, 2.75) is 6.92 Å². The van der Waals surface area contributed by atoms with Crippen molar-refractivity contribution >= 4 is 0 Å². The van der Waals surface area contributed by atoms with Gasteiger partial charge in [-0.15, -0.1) is 0 Å². The lowest BCUT2D eigenvalue weighted by Gasteiger charge is -2.27. The third-order valence-electron chi connectivity index (χ3n) is 2.03. The molecule has 0 N–H and O–H groups in total. The van der Waals surface area contributed by atoms with Crippen LogP contribution in [-0.4, -0.2) is 32.2 Å². The van der Waals surface area contributed by atoms with Crippen LogP contribution in [-0.2, 0) is 0 Å². The summed E-state index contributed by atoms with van der Waals surface area (Å²) in [5, 5.41) is 0. The van der Waals surface area contributed by atoms with Gasteiger partial charge in [0.2, 0.25) is 0 Å². The first-order chi connectivity index (χ1) is 4.99. The molecule has 0 radical (unpaired) electrons. The van der Waals surface area contributed by atoms with E-state index < -0.39 is 0 Å². The van der Waals surface area contributed by atoms with Crippen molar-refractivity contribution in [1.29, 1.82) is 0 Å². The van der Waals surface area contributed by atoms with E-state index in [1.54, 1.807) is 0 Å². The van der Waals surface area contributed by atoms with Gasteiger partial charge < -0.3 is 4.48 Å². The predicted molar refractivity (Wildman–Crippen MR) is 49.3 cm³/mol. The van der Waals surface area contributed by atoms with Gasteiger partial charge in [0.25, 0.3) is 0 Å². The van der Waals surface area contributed by atoms with Crippen LogP contribution in [0.2, 0.25) is 0 Å². The zero-order valence-electron chi connectivity index (χ0n) is 7.96. The highest BCUT2D eigenvalue weighted by Crippen LogP contribution is 2.20. The van der Waals surface area contributed by atoms with Crippen molar-refractivity contribution in [2.24, 2.45) is 5.92 Å². The van der Waals surface area contributed by atoms with Gasteiger partial charge in [0.1, 0.15) is 0 Å². The Labute approximate surface area is 69.6 Å². The zero-order valence-corrected chi connectivity index (χ0v) is 7.96. The molecule has 1 aliphatic carbocycles. The molecule has 0 aliphatic heterocycles. The minimum Gasteiger partial charge on any atom is -0.330 e. The van der Waals surface area contributed by atoms with Crippen molar-refractivity contribution < 1.29 is 4.48 Å². The monoisotopic (exact) mass is 152 g/mol. The van der Waals surface area contributed by atoms with E-state index >= 15 is 0 Å². The van der Waals surface area contributed by atoms with Crippen LogP contribution in [0.3, 0.4) is 0 Å². The summed E-state index contributed by atoms with van der Waals surface area (Å²) < 4.78 is 1.04. The molecule has 0 saturated heterocycles. The highest BCUT2D eigenvalue weighted by atomic mass is 15.3. The zero-order chi connectivity index (χ0) is 8.48. The van der Waals surface area contributed by atoms with Gasteiger partial charge in [0.05, 0.1) is 27.7 Å². The Balaban J connectivity index is 2.52. The van der Waals surface area contributed by atoms with Crippen LogP contribution >= 0.6 is 0 Å². The third kappa shape index (κ3) is 2.51. The summed E-state index contributed by atoms with van der Waals surface area (Å²) >= 11 is 0. The van der Waals surface area contributed by atoms with Gasteiger partial charge in [-0.2, -0.15) is 0 Å². The molecule has 62 valence electrons. The molecule has 1 rings (SSSR count). The van der Waals surface area contributed by atoms with Gasteiger partial charge in [-0.25, -0.2) is 0 Å². The average Bonchev–Trinajstić information content (AvgIpc) is 2.12. The number of hydrogen-bond acceptors (Lipinski definition) is 0. The van der Waals surface area contributed by atoms with Crippen molar-refractivity contribution in [3.8, 4) is 0 Å². The molecule has 1 atom stereocenters. The summed E-state index contributed by atoms with van der Waals surface area (Å²) in [7, 11) is 6.71. The summed E-state index contributed by atoms with van der Waals surface area (Å²) in [6.07, 6.45) is 6.66. The van der Waals surface area contributed by atoms with Crippen LogP contribution in [0, 0.1) is 5.92 Å². The second kappa shape index (κ2) is 2.82. The minimum atomic E-state index is 0.676. The van der Waals surface area contributed by atoms with Gasteiger partial charge in [-0.1, -0.05) is 23.8 Å². The Hall–Kier alpha value is -0.560.